The topological polar surface area (TPSA) is 38.3 Å². The van der Waals surface area contributed by atoms with Crippen LogP contribution in [0.5, 0.6) is 0 Å². The van der Waals surface area contributed by atoms with Crippen molar-refractivity contribution >= 4 is 5.91 Å². The summed E-state index contributed by atoms with van der Waals surface area (Å²) in [5.74, 6) is 0.269. The maximum absolute atomic E-state index is 12.0. The summed E-state index contributed by atoms with van der Waals surface area (Å²) in [5.41, 5.74) is -0.0460. The second-order valence-electron chi connectivity index (χ2n) is 4.55. The second kappa shape index (κ2) is 3.89. The van der Waals surface area contributed by atoms with E-state index in [-0.39, 0.29) is 17.4 Å². The van der Waals surface area contributed by atoms with Crippen molar-refractivity contribution in [3.05, 3.63) is 0 Å². The quantitative estimate of drug-likeness (QED) is 0.744. The molecule has 0 aromatic rings. The molecule has 0 aromatic carbocycles. The summed E-state index contributed by atoms with van der Waals surface area (Å²) in [6, 6.07) is 0.284. The zero-order valence-corrected chi connectivity index (χ0v) is 8.84. The molecule has 1 aliphatic heterocycles. The van der Waals surface area contributed by atoms with Crippen molar-refractivity contribution < 1.29 is 9.53 Å². The molecule has 1 N–H and O–H groups in total. The van der Waals surface area contributed by atoms with Gasteiger partial charge in [0.1, 0.15) is 0 Å². The zero-order chi connectivity index (χ0) is 10.0. The number of hydrogen-bond acceptors (Lipinski definition) is 2. The molecule has 1 saturated heterocycles. The smallest absolute Gasteiger partial charge is 0.226 e. The molecule has 0 unspecified atom stereocenters. The molecule has 0 radical (unpaired) electrons. The molecule has 80 valence electrons. The van der Waals surface area contributed by atoms with Crippen molar-refractivity contribution in [3.63, 3.8) is 0 Å². The third-order valence-electron chi connectivity index (χ3n) is 3.69. The van der Waals surface area contributed by atoms with Gasteiger partial charge in [-0.15, -0.1) is 0 Å². The predicted octanol–water partition coefficient (Wildman–Crippen LogP) is 1.47. The van der Waals surface area contributed by atoms with E-state index in [4.69, 9.17) is 4.74 Å². The lowest BCUT2D eigenvalue weighted by Crippen LogP contribution is -2.52. The van der Waals surface area contributed by atoms with Gasteiger partial charge in [-0.1, -0.05) is 19.8 Å². The first kappa shape index (κ1) is 9.97. The molecule has 1 amide bonds. The third-order valence-corrected chi connectivity index (χ3v) is 3.69. The summed E-state index contributed by atoms with van der Waals surface area (Å²) in [6.45, 7) is 3.53. The van der Waals surface area contributed by atoms with Crippen LogP contribution < -0.4 is 5.32 Å². The van der Waals surface area contributed by atoms with Crippen molar-refractivity contribution in [1.29, 1.82) is 0 Å². The molecule has 2 aliphatic rings. The summed E-state index contributed by atoms with van der Waals surface area (Å²) < 4.78 is 5.05. The molecule has 1 saturated carbocycles. The van der Waals surface area contributed by atoms with Crippen molar-refractivity contribution in [2.24, 2.45) is 5.41 Å². The van der Waals surface area contributed by atoms with Crippen molar-refractivity contribution in [1.82, 2.24) is 5.32 Å². The Kier molecular flexibility index (Phi) is 2.77. The molecule has 2 rings (SSSR count). The predicted molar refractivity (Wildman–Crippen MR) is 53.9 cm³/mol. The van der Waals surface area contributed by atoms with Crippen LogP contribution >= 0.6 is 0 Å². The highest BCUT2D eigenvalue weighted by Crippen LogP contribution is 2.41. The Morgan fingerprint density at radius 2 is 2.07 bits per heavy atom. The highest BCUT2D eigenvalue weighted by Gasteiger charge is 2.40. The molecule has 1 aliphatic carbocycles. The summed E-state index contributed by atoms with van der Waals surface area (Å²) in [6.07, 6.45) is 5.54. The fourth-order valence-corrected chi connectivity index (χ4v) is 2.45. The first-order valence-electron chi connectivity index (χ1n) is 5.65. The Hall–Kier alpha value is -0.570. The molecule has 0 bridgehead atoms. The van der Waals surface area contributed by atoms with E-state index in [0.29, 0.717) is 13.2 Å². The average Bonchev–Trinajstić information content (AvgIpc) is 2.60. The molecule has 0 aromatic heterocycles. The third kappa shape index (κ3) is 1.65. The number of ether oxygens (including phenoxy) is 1. The number of carbonyl (C=O) groups excluding carboxylic acids is 1. The number of rotatable bonds is 3. The summed E-state index contributed by atoms with van der Waals surface area (Å²) >= 11 is 0. The molecule has 0 spiro atoms. The first-order chi connectivity index (χ1) is 6.77. The van der Waals surface area contributed by atoms with E-state index in [1.165, 1.54) is 12.8 Å². The Morgan fingerprint density at radius 1 is 1.43 bits per heavy atom. The van der Waals surface area contributed by atoms with E-state index >= 15 is 0 Å². The lowest BCUT2D eigenvalue weighted by molar-refractivity contribution is -0.135. The second-order valence-corrected chi connectivity index (χ2v) is 4.55. The zero-order valence-electron chi connectivity index (χ0n) is 8.84. The van der Waals surface area contributed by atoms with Crippen molar-refractivity contribution in [2.45, 2.75) is 45.1 Å². The van der Waals surface area contributed by atoms with Gasteiger partial charge in [0.25, 0.3) is 0 Å². The SMILES string of the molecule is CCC1(C(=O)NC2COC2)CCCC1. The normalized spacial score (nSPS) is 25.8. The lowest BCUT2D eigenvalue weighted by atomic mass is 9.82. The fourth-order valence-electron chi connectivity index (χ4n) is 2.45. The van der Waals surface area contributed by atoms with Crippen molar-refractivity contribution in [3.8, 4) is 0 Å². The van der Waals surface area contributed by atoms with Crippen LogP contribution in [0, 0.1) is 5.41 Å². The van der Waals surface area contributed by atoms with Crippen molar-refractivity contribution in [2.75, 3.05) is 13.2 Å². The van der Waals surface area contributed by atoms with Crippen LogP contribution in [0.1, 0.15) is 39.0 Å². The monoisotopic (exact) mass is 197 g/mol. The van der Waals surface area contributed by atoms with E-state index in [9.17, 15) is 4.79 Å². The Labute approximate surface area is 85.2 Å². The van der Waals surface area contributed by atoms with Gasteiger partial charge in [-0.3, -0.25) is 4.79 Å². The van der Waals surface area contributed by atoms with Crippen LogP contribution in [0.4, 0.5) is 0 Å². The number of hydrogen-bond donors (Lipinski definition) is 1. The molecule has 3 heteroatoms. The summed E-state index contributed by atoms with van der Waals surface area (Å²) in [7, 11) is 0. The highest BCUT2D eigenvalue weighted by atomic mass is 16.5. The van der Waals surface area contributed by atoms with Crippen LogP contribution in [-0.2, 0) is 9.53 Å². The van der Waals surface area contributed by atoms with Gasteiger partial charge in [0.05, 0.1) is 19.3 Å². The van der Waals surface area contributed by atoms with Crippen LogP contribution in [0.3, 0.4) is 0 Å². The van der Waals surface area contributed by atoms with Gasteiger partial charge in [0.2, 0.25) is 5.91 Å². The van der Waals surface area contributed by atoms with E-state index in [0.717, 1.165) is 19.3 Å². The van der Waals surface area contributed by atoms with Gasteiger partial charge < -0.3 is 10.1 Å². The van der Waals surface area contributed by atoms with E-state index in [1.54, 1.807) is 0 Å². The molecule has 1 heterocycles. The van der Waals surface area contributed by atoms with E-state index in [1.807, 2.05) is 0 Å². The van der Waals surface area contributed by atoms with E-state index in [2.05, 4.69) is 12.2 Å². The minimum absolute atomic E-state index is 0.0460. The standard InChI is InChI=1S/C11H19NO2/c1-2-11(5-3-4-6-11)10(13)12-9-7-14-8-9/h9H,2-8H2,1H3,(H,12,13). The molecule has 14 heavy (non-hydrogen) atoms. The number of carbonyl (C=O) groups is 1. The van der Waals surface area contributed by atoms with Crippen LogP contribution in [0.15, 0.2) is 0 Å². The first-order valence-corrected chi connectivity index (χ1v) is 5.65. The minimum Gasteiger partial charge on any atom is -0.377 e. The van der Waals surface area contributed by atoms with Gasteiger partial charge in [-0.05, 0) is 19.3 Å². The average molecular weight is 197 g/mol. The molecule has 3 nitrogen and oxygen atoms in total. The summed E-state index contributed by atoms with van der Waals surface area (Å²) in [4.78, 5) is 12.0. The number of amides is 1. The van der Waals surface area contributed by atoms with Gasteiger partial charge >= 0.3 is 0 Å². The fraction of sp³-hybridized carbons (Fsp3) is 0.909. The molecule has 0 atom stereocenters. The van der Waals surface area contributed by atoms with Crippen LogP contribution in [0.2, 0.25) is 0 Å². The Morgan fingerprint density at radius 3 is 2.50 bits per heavy atom. The molecular formula is C11H19NO2. The maximum atomic E-state index is 12.0. The Balaban J connectivity index is 1.92. The maximum Gasteiger partial charge on any atom is 0.226 e. The van der Waals surface area contributed by atoms with Gasteiger partial charge in [0.15, 0.2) is 0 Å². The van der Waals surface area contributed by atoms with Gasteiger partial charge in [0, 0.05) is 5.41 Å². The van der Waals surface area contributed by atoms with E-state index < -0.39 is 0 Å². The minimum atomic E-state index is -0.0460. The largest absolute Gasteiger partial charge is 0.377 e. The van der Waals surface area contributed by atoms with Gasteiger partial charge in [-0.25, -0.2) is 0 Å². The van der Waals surface area contributed by atoms with Gasteiger partial charge in [-0.2, -0.15) is 0 Å². The van der Waals surface area contributed by atoms with Crippen LogP contribution in [0.25, 0.3) is 0 Å². The number of nitrogens with one attached hydrogen (secondary N) is 1. The Bertz CT molecular complexity index is 217. The van der Waals surface area contributed by atoms with Crippen LogP contribution in [-0.4, -0.2) is 25.2 Å². The lowest BCUT2D eigenvalue weighted by Gasteiger charge is -2.32. The molecular weight excluding hydrogens is 178 g/mol. The molecule has 2 fully saturated rings. The summed E-state index contributed by atoms with van der Waals surface area (Å²) in [5, 5.41) is 3.09. The highest BCUT2D eigenvalue weighted by molar-refractivity contribution is 5.83.